The van der Waals surface area contributed by atoms with Gasteiger partial charge in [-0.3, -0.25) is 4.79 Å². The Morgan fingerprint density at radius 1 is 1.14 bits per heavy atom. The van der Waals surface area contributed by atoms with Crippen LogP contribution in [0.5, 0.6) is 5.75 Å². The second-order valence-electron chi connectivity index (χ2n) is 6.42. The molecule has 0 atom stereocenters. The first-order valence-electron chi connectivity index (χ1n) is 8.49. The summed E-state index contributed by atoms with van der Waals surface area (Å²) in [6.45, 7) is 0.228. The third kappa shape index (κ3) is 3.73. The molecular formula is C21H13ClF3N2O2. The minimum absolute atomic E-state index is 0.228. The number of carbonyl (C=O) groups excluding carboxylic acids is 1. The Kier molecular flexibility index (Phi) is 4.62. The number of carbonyl (C=O) groups is 1. The Bertz CT molecular complexity index is 1250. The number of nitrogens with two attached hydrogens (primary N) is 1. The highest BCUT2D eigenvalue weighted by Crippen LogP contribution is 2.34. The molecule has 8 heteroatoms. The monoisotopic (exact) mass is 417 g/mol. The summed E-state index contributed by atoms with van der Waals surface area (Å²) < 4.78 is 43.5. The molecule has 4 aromatic rings. The van der Waals surface area contributed by atoms with Gasteiger partial charge in [-0.2, -0.15) is 0 Å². The van der Waals surface area contributed by atoms with Crippen molar-refractivity contribution in [2.45, 2.75) is 12.9 Å². The predicted octanol–water partition coefficient (Wildman–Crippen LogP) is 5.29. The first kappa shape index (κ1) is 19.1. The molecule has 0 unspecified atom stereocenters. The van der Waals surface area contributed by atoms with E-state index in [0.29, 0.717) is 38.0 Å². The minimum atomic E-state index is -4.77. The second kappa shape index (κ2) is 7.00. The number of halogens is 4. The van der Waals surface area contributed by atoms with Gasteiger partial charge in [0.15, 0.2) is 0 Å². The number of ether oxygens (including phenoxy) is 1. The number of fused-ring (bicyclic) bond motifs is 3. The van der Waals surface area contributed by atoms with E-state index in [1.807, 2.05) is 4.57 Å². The summed E-state index contributed by atoms with van der Waals surface area (Å²) in [6, 6.07) is 17.2. The van der Waals surface area contributed by atoms with Gasteiger partial charge >= 0.3 is 6.36 Å². The molecule has 1 aromatic heterocycles. The molecule has 3 aromatic carbocycles. The Hall–Kier alpha value is -3.19. The van der Waals surface area contributed by atoms with E-state index < -0.39 is 12.3 Å². The molecule has 0 fully saturated rings. The first-order valence-corrected chi connectivity index (χ1v) is 8.87. The van der Waals surface area contributed by atoms with E-state index in [1.54, 1.807) is 36.4 Å². The summed E-state index contributed by atoms with van der Waals surface area (Å²) in [5, 5.41) is 1.71. The van der Waals surface area contributed by atoms with Crippen LogP contribution in [0.3, 0.4) is 0 Å². The van der Waals surface area contributed by atoms with Crippen molar-refractivity contribution in [1.29, 1.82) is 0 Å². The van der Waals surface area contributed by atoms with E-state index in [4.69, 9.17) is 17.3 Å². The molecular weight excluding hydrogens is 405 g/mol. The van der Waals surface area contributed by atoms with Crippen molar-refractivity contribution in [3.63, 3.8) is 0 Å². The average molecular weight is 418 g/mol. The number of primary amides is 1. The van der Waals surface area contributed by atoms with Crippen molar-refractivity contribution < 1.29 is 22.7 Å². The quantitative estimate of drug-likeness (QED) is 0.490. The summed E-state index contributed by atoms with van der Waals surface area (Å²) in [4.78, 5) is 11.9. The smallest absolute Gasteiger partial charge is 0.406 e. The third-order valence-corrected chi connectivity index (χ3v) is 4.72. The minimum Gasteiger partial charge on any atom is -0.406 e. The molecule has 1 heterocycles. The molecule has 1 radical (unpaired) electrons. The second-order valence-corrected chi connectivity index (χ2v) is 6.86. The molecule has 0 bridgehead atoms. The van der Waals surface area contributed by atoms with Crippen LogP contribution in [0.1, 0.15) is 15.9 Å². The van der Waals surface area contributed by atoms with Gasteiger partial charge in [-0.1, -0.05) is 29.8 Å². The van der Waals surface area contributed by atoms with Gasteiger partial charge in [0.05, 0.1) is 11.0 Å². The van der Waals surface area contributed by atoms with Gasteiger partial charge in [0.1, 0.15) is 5.75 Å². The maximum Gasteiger partial charge on any atom is 0.573 e. The van der Waals surface area contributed by atoms with Gasteiger partial charge in [-0.15, -0.1) is 13.2 Å². The lowest BCUT2D eigenvalue weighted by atomic mass is 10.1. The summed E-state index contributed by atoms with van der Waals surface area (Å²) in [5.74, 6) is -0.892. The average Bonchev–Trinajstić information content (AvgIpc) is 2.94. The highest BCUT2D eigenvalue weighted by atomic mass is 35.5. The molecule has 29 heavy (non-hydrogen) atoms. The molecule has 2 N–H and O–H groups in total. The van der Waals surface area contributed by atoms with E-state index >= 15 is 0 Å². The van der Waals surface area contributed by atoms with Gasteiger partial charge in [-0.05, 0) is 48.0 Å². The molecule has 0 spiro atoms. The van der Waals surface area contributed by atoms with Crippen LogP contribution in [0.4, 0.5) is 13.2 Å². The fourth-order valence-electron chi connectivity index (χ4n) is 3.43. The van der Waals surface area contributed by atoms with Crippen LogP contribution in [-0.2, 0) is 6.54 Å². The molecule has 0 aliphatic rings. The number of hydrogen-bond acceptors (Lipinski definition) is 2. The number of rotatable bonds is 4. The third-order valence-electron chi connectivity index (χ3n) is 4.50. The summed E-state index contributed by atoms with van der Waals surface area (Å²) in [7, 11) is 0. The zero-order valence-electron chi connectivity index (χ0n) is 14.8. The molecule has 0 saturated heterocycles. The lowest BCUT2D eigenvalue weighted by Crippen LogP contribution is -2.17. The van der Waals surface area contributed by atoms with E-state index in [-0.39, 0.29) is 12.3 Å². The molecule has 4 nitrogen and oxygen atoms in total. The maximum absolute atomic E-state index is 12.5. The topological polar surface area (TPSA) is 57.2 Å². The standard InChI is InChI=1S/C21H13ClF3N2O2/c22-13-7-8-15-18(10-13)27(17-6-2-5-16(19(15)17)20(26)28)11-12-3-1-4-14(9-12)29-21(23,24)25/h1-7,9-10H,11H2,(H2,26,28). The number of hydrogen-bond donors (Lipinski definition) is 1. The number of amides is 1. The lowest BCUT2D eigenvalue weighted by molar-refractivity contribution is -0.274. The normalized spacial score (nSPS) is 11.9. The van der Waals surface area contributed by atoms with Crippen molar-refractivity contribution in [3.05, 3.63) is 76.8 Å². The van der Waals surface area contributed by atoms with Crippen molar-refractivity contribution in [1.82, 2.24) is 4.57 Å². The van der Waals surface area contributed by atoms with Crippen molar-refractivity contribution in [2.24, 2.45) is 5.73 Å². The Morgan fingerprint density at radius 2 is 1.90 bits per heavy atom. The highest BCUT2D eigenvalue weighted by Gasteiger charge is 2.31. The van der Waals surface area contributed by atoms with Crippen LogP contribution in [0.2, 0.25) is 5.02 Å². The summed E-state index contributed by atoms with van der Waals surface area (Å²) in [5.41, 5.74) is 7.82. The SMILES string of the molecule is NC(=O)c1cccc2c1c1[c]cc(Cl)cc1n2Cc1cccc(OC(F)(F)F)c1. The molecule has 0 aliphatic heterocycles. The Labute approximate surface area is 168 Å². The van der Waals surface area contributed by atoms with Crippen LogP contribution < -0.4 is 10.5 Å². The molecule has 0 saturated carbocycles. The zero-order valence-corrected chi connectivity index (χ0v) is 15.5. The van der Waals surface area contributed by atoms with Crippen molar-refractivity contribution in [2.75, 3.05) is 0 Å². The number of nitrogens with zero attached hydrogens (tertiary/aromatic N) is 1. The van der Waals surface area contributed by atoms with Gasteiger partial charge in [0.25, 0.3) is 0 Å². The molecule has 1 amide bonds. The molecule has 0 aliphatic carbocycles. The van der Waals surface area contributed by atoms with Crippen LogP contribution >= 0.6 is 11.6 Å². The number of alkyl halides is 3. The van der Waals surface area contributed by atoms with E-state index in [2.05, 4.69) is 10.8 Å². The summed E-state index contributed by atoms with van der Waals surface area (Å²) in [6.07, 6.45) is -4.77. The van der Waals surface area contributed by atoms with Gasteiger partial charge in [-0.25, -0.2) is 0 Å². The maximum atomic E-state index is 12.5. The first-order chi connectivity index (χ1) is 13.7. The molecule has 147 valence electrons. The van der Waals surface area contributed by atoms with Crippen LogP contribution in [0.15, 0.2) is 54.6 Å². The van der Waals surface area contributed by atoms with Gasteiger partial charge in [0.2, 0.25) is 5.91 Å². The highest BCUT2D eigenvalue weighted by molar-refractivity contribution is 6.31. The zero-order chi connectivity index (χ0) is 20.8. The van der Waals surface area contributed by atoms with E-state index in [9.17, 15) is 18.0 Å². The summed E-state index contributed by atoms with van der Waals surface area (Å²) >= 11 is 6.14. The van der Waals surface area contributed by atoms with Crippen LogP contribution in [0.25, 0.3) is 21.8 Å². The van der Waals surface area contributed by atoms with E-state index in [0.717, 1.165) is 0 Å². The largest absolute Gasteiger partial charge is 0.573 e. The Morgan fingerprint density at radius 3 is 2.62 bits per heavy atom. The number of benzene rings is 3. The fraction of sp³-hybridized carbons (Fsp3) is 0.0952. The van der Waals surface area contributed by atoms with Crippen LogP contribution in [0, 0.1) is 6.07 Å². The fourth-order valence-corrected chi connectivity index (χ4v) is 3.59. The lowest BCUT2D eigenvalue weighted by Gasteiger charge is -2.12. The van der Waals surface area contributed by atoms with Gasteiger partial charge < -0.3 is 15.0 Å². The van der Waals surface area contributed by atoms with Crippen molar-refractivity contribution in [3.8, 4) is 5.75 Å². The van der Waals surface area contributed by atoms with Crippen molar-refractivity contribution >= 4 is 39.3 Å². The van der Waals surface area contributed by atoms with Crippen LogP contribution in [-0.4, -0.2) is 16.8 Å². The predicted molar refractivity (Wildman–Crippen MR) is 104 cm³/mol. The van der Waals surface area contributed by atoms with Gasteiger partial charge in [0, 0.05) is 27.9 Å². The van der Waals surface area contributed by atoms with E-state index in [1.165, 1.54) is 18.2 Å². The molecule has 4 rings (SSSR count). The number of aromatic nitrogens is 1. The Balaban J connectivity index is 1.90.